The first-order valence-corrected chi connectivity index (χ1v) is 7.66. The van der Waals surface area contributed by atoms with Crippen LogP contribution in [0, 0.1) is 0 Å². The van der Waals surface area contributed by atoms with E-state index in [2.05, 4.69) is 49.5 Å². The van der Waals surface area contributed by atoms with Crippen LogP contribution in [-0.2, 0) is 0 Å². The fraction of sp³-hybridized carbons (Fsp3) is 0.250. The van der Waals surface area contributed by atoms with E-state index in [-0.39, 0.29) is 0 Å². The van der Waals surface area contributed by atoms with Crippen LogP contribution in [0.4, 0.5) is 0 Å². The molecule has 0 saturated carbocycles. The number of benzene rings is 1. The molecule has 1 nitrogen and oxygen atoms in total. The van der Waals surface area contributed by atoms with Crippen LogP contribution in [-0.4, -0.2) is 12.6 Å². The summed E-state index contributed by atoms with van der Waals surface area (Å²) >= 11 is 7.98. The Balaban J connectivity index is 2.14. The molecule has 0 aliphatic rings. The smallest absolute Gasteiger partial charge is 0.0492 e. The minimum atomic E-state index is 0.399. The first kappa shape index (κ1) is 14.3. The topological polar surface area (TPSA) is 12.0 Å². The van der Waals surface area contributed by atoms with E-state index >= 15 is 0 Å². The summed E-state index contributed by atoms with van der Waals surface area (Å²) < 4.78 is 0. The number of halogens is 1. The summed E-state index contributed by atoms with van der Waals surface area (Å²) in [5.74, 6) is 0. The van der Waals surface area contributed by atoms with Gasteiger partial charge in [0.25, 0.3) is 0 Å². The molecule has 100 valence electrons. The number of thiophene rings is 1. The second kappa shape index (κ2) is 6.90. The van der Waals surface area contributed by atoms with Gasteiger partial charge in [-0.2, -0.15) is 0 Å². The molecule has 1 aromatic carbocycles. The Morgan fingerprint density at radius 3 is 2.79 bits per heavy atom. The predicted octanol–water partition coefficient (Wildman–Crippen LogP) is 5.08. The SMILES string of the molecule is CCNC(C)/C=C/c1ccc(-c2ccccc2Cl)s1. The molecular weight excluding hydrogens is 274 g/mol. The van der Waals surface area contributed by atoms with Gasteiger partial charge in [-0.1, -0.05) is 42.8 Å². The molecule has 0 aliphatic heterocycles. The summed E-state index contributed by atoms with van der Waals surface area (Å²) in [6, 6.07) is 12.6. The van der Waals surface area contributed by atoms with Gasteiger partial charge in [-0.25, -0.2) is 0 Å². The molecule has 0 fully saturated rings. The zero-order valence-electron chi connectivity index (χ0n) is 11.2. The summed E-state index contributed by atoms with van der Waals surface area (Å²) in [4.78, 5) is 2.46. The fourth-order valence-corrected chi connectivity index (χ4v) is 3.13. The van der Waals surface area contributed by atoms with Crippen molar-refractivity contribution in [2.24, 2.45) is 0 Å². The maximum absolute atomic E-state index is 6.22. The monoisotopic (exact) mass is 291 g/mol. The molecule has 1 unspecified atom stereocenters. The quantitative estimate of drug-likeness (QED) is 0.810. The summed E-state index contributed by atoms with van der Waals surface area (Å²) in [6.07, 6.45) is 4.35. The van der Waals surface area contributed by atoms with E-state index in [0.29, 0.717) is 6.04 Å². The molecule has 1 atom stereocenters. The zero-order chi connectivity index (χ0) is 13.7. The van der Waals surface area contributed by atoms with Gasteiger partial charge in [0.15, 0.2) is 0 Å². The van der Waals surface area contributed by atoms with Crippen molar-refractivity contribution in [2.45, 2.75) is 19.9 Å². The van der Waals surface area contributed by atoms with Crippen LogP contribution in [0.15, 0.2) is 42.5 Å². The first-order chi connectivity index (χ1) is 9.20. The van der Waals surface area contributed by atoms with Crippen molar-refractivity contribution < 1.29 is 0 Å². The predicted molar refractivity (Wildman–Crippen MR) is 86.9 cm³/mol. The Morgan fingerprint density at radius 1 is 1.26 bits per heavy atom. The van der Waals surface area contributed by atoms with E-state index in [1.165, 1.54) is 9.75 Å². The van der Waals surface area contributed by atoms with Gasteiger partial charge in [0.2, 0.25) is 0 Å². The Bertz CT molecular complexity index is 559. The zero-order valence-corrected chi connectivity index (χ0v) is 12.8. The van der Waals surface area contributed by atoms with E-state index in [1.54, 1.807) is 11.3 Å². The Labute approximate surface area is 123 Å². The minimum Gasteiger partial charge on any atom is -0.311 e. The first-order valence-electron chi connectivity index (χ1n) is 6.47. The van der Waals surface area contributed by atoms with E-state index in [4.69, 9.17) is 11.6 Å². The van der Waals surface area contributed by atoms with Crippen LogP contribution in [0.5, 0.6) is 0 Å². The number of nitrogens with one attached hydrogen (secondary N) is 1. The average molecular weight is 292 g/mol. The largest absolute Gasteiger partial charge is 0.311 e. The van der Waals surface area contributed by atoms with E-state index in [0.717, 1.165) is 17.1 Å². The molecule has 2 aromatic rings. The molecule has 1 aromatic heterocycles. The normalized spacial score (nSPS) is 13.0. The molecule has 0 aliphatic carbocycles. The molecular formula is C16H18ClNS. The summed E-state index contributed by atoms with van der Waals surface area (Å²) in [5.41, 5.74) is 1.11. The van der Waals surface area contributed by atoms with E-state index in [9.17, 15) is 0 Å². The number of hydrogen-bond donors (Lipinski definition) is 1. The Kier molecular flexibility index (Phi) is 5.20. The minimum absolute atomic E-state index is 0.399. The van der Waals surface area contributed by atoms with Gasteiger partial charge >= 0.3 is 0 Å². The lowest BCUT2D eigenvalue weighted by atomic mass is 10.2. The van der Waals surface area contributed by atoms with Crippen molar-refractivity contribution in [3.63, 3.8) is 0 Å². The van der Waals surface area contributed by atoms with Crippen LogP contribution in [0.2, 0.25) is 5.02 Å². The third-order valence-corrected chi connectivity index (χ3v) is 4.25. The lowest BCUT2D eigenvalue weighted by molar-refractivity contribution is 0.663. The summed E-state index contributed by atoms with van der Waals surface area (Å²) in [6.45, 7) is 5.26. The van der Waals surface area contributed by atoms with Crippen molar-refractivity contribution in [3.05, 3.63) is 52.4 Å². The van der Waals surface area contributed by atoms with E-state index in [1.807, 2.05) is 18.2 Å². The van der Waals surface area contributed by atoms with Gasteiger partial charge in [0, 0.05) is 26.4 Å². The third kappa shape index (κ3) is 3.93. The van der Waals surface area contributed by atoms with Crippen LogP contribution < -0.4 is 5.32 Å². The molecule has 0 radical (unpaired) electrons. The van der Waals surface area contributed by atoms with Crippen molar-refractivity contribution in [3.8, 4) is 10.4 Å². The molecule has 2 rings (SSSR count). The van der Waals surface area contributed by atoms with Gasteiger partial charge in [0.1, 0.15) is 0 Å². The number of likely N-dealkylation sites (N-methyl/N-ethyl adjacent to an activating group) is 1. The van der Waals surface area contributed by atoms with E-state index < -0.39 is 0 Å². The second-order valence-electron chi connectivity index (χ2n) is 4.39. The average Bonchev–Trinajstić information content (AvgIpc) is 2.86. The lowest BCUT2D eigenvalue weighted by Crippen LogP contribution is -2.22. The number of rotatable bonds is 5. The lowest BCUT2D eigenvalue weighted by Gasteiger charge is -2.04. The Hall–Kier alpha value is -1.09. The molecule has 0 amide bonds. The van der Waals surface area contributed by atoms with Gasteiger partial charge in [-0.3, -0.25) is 0 Å². The molecule has 3 heteroatoms. The van der Waals surface area contributed by atoms with Gasteiger partial charge in [-0.05, 0) is 37.7 Å². The molecule has 0 saturated heterocycles. The van der Waals surface area contributed by atoms with Crippen molar-refractivity contribution in [1.29, 1.82) is 0 Å². The van der Waals surface area contributed by atoms with Gasteiger partial charge in [0.05, 0.1) is 0 Å². The highest BCUT2D eigenvalue weighted by Gasteiger charge is 2.05. The summed E-state index contributed by atoms with van der Waals surface area (Å²) in [7, 11) is 0. The highest BCUT2D eigenvalue weighted by molar-refractivity contribution is 7.16. The Morgan fingerprint density at radius 2 is 2.05 bits per heavy atom. The molecule has 0 bridgehead atoms. The molecule has 1 N–H and O–H groups in total. The fourth-order valence-electron chi connectivity index (χ4n) is 1.88. The standard InChI is InChI=1S/C16H18ClNS/c1-3-18-12(2)8-9-13-10-11-16(19-13)14-6-4-5-7-15(14)17/h4-12,18H,3H2,1-2H3/b9-8+. The van der Waals surface area contributed by atoms with Crippen molar-refractivity contribution in [2.75, 3.05) is 6.54 Å². The van der Waals surface area contributed by atoms with Crippen molar-refractivity contribution in [1.82, 2.24) is 5.32 Å². The maximum atomic E-state index is 6.22. The van der Waals surface area contributed by atoms with Crippen molar-refractivity contribution >= 4 is 29.0 Å². The van der Waals surface area contributed by atoms with Crippen LogP contribution >= 0.6 is 22.9 Å². The molecule has 19 heavy (non-hydrogen) atoms. The summed E-state index contributed by atoms with van der Waals surface area (Å²) in [5, 5.41) is 4.17. The van der Waals surface area contributed by atoms with Gasteiger partial charge < -0.3 is 5.32 Å². The van der Waals surface area contributed by atoms with Gasteiger partial charge in [-0.15, -0.1) is 11.3 Å². The highest BCUT2D eigenvalue weighted by atomic mass is 35.5. The highest BCUT2D eigenvalue weighted by Crippen LogP contribution is 2.33. The molecule has 0 spiro atoms. The van der Waals surface area contributed by atoms with Crippen LogP contribution in [0.25, 0.3) is 16.5 Å². The second-order valence-corrected chi connectivity index (χ2v) is 5.91. The maximum Gasteiger partial charge on any atom is 0.0492 e. The number of hydrogen-bond acceptors (Lipinski definition) is 2. The third-order valence-electron chi connectivity index (χ3n) is 2.84. The molecule has 1 heterocycles. The van der Waals surface area contributed by atoms with Crippen LogP contribution in [0.3, 0.4) is 0 Å². The van der Waals surface area contributed by atoms with Crippen LogP contribution in [0.1, 0.15) is 18.7 Å².